The molecule has 1 aromatic rings. The van der Waals surface area contributed by atoms with E-state index in [1.165, 1.54) is 25.7 Å². The summed E-state index contributed by atoms with van der Waals surface area (Å²) in [7, 11) is 0. The number of hydrogen-bond acceptors (Lipinski definition) is 2. The summed E-state index contributed by atoms with van der Waals surface area (Å²) in [6.07, 6.45) is 4.94. The van der Waals surface area contributed by atoms with Crippen LogP contribution in [0, 0.1) is 0 Å². The SMILES string of the molecule is CCCCCC(C)NCc1c(O)cccc1Cl. The van der Waals surface area contributed by atoms with Crippen molar-refractivity contribution in [2.24, 2.45) is 0 Å². The summed E-state index contributed by atoms with van der Waals surface area (Å²) >= 11 is 6.04. The molecule has 2 nitrogen and oxygen atoms in total. The molecule has 0 saturated heterocycles. The molecular formula is C14H22ClNO. The van der Waals surface area contributed by atoms with E-state index in [-0.39, 0.29) is 5.75 Å². The number of nitrogens with one attached hydrogen (secondary N) is 1. The number of unbranched alkanes of at least 4 members (excludes halogenated alkanes) is 2. The Morgan fingerprint density at radius 1 is 1.35 bits per heavy atom. The second kappa shape index (κ2) is 7.57. The second-order valence-corrected chi connectivity index (χ2v) is 4.92. The Balaban J connectivity index is 2.39. The molecule has 96 valence electrons. The topological polar surface area (TPSA) is 32.3 Å². The maximum absolute atomic E-state index is 9.69. The first-order valence-electron chi connectivity index (χ1n) is 6.35. The fraction of sp³-hybridized carbons (Fsp3) is 0.571. The maximum atomic E-state index is 9.69. The van der Waals surface area contributed by atoms with E-state index in [4.69, 9.17) is 11.6 Å². The van der Waals surface area contributed by atoms with E-state index in [0.29, 0.717) is 17.6 Å². The van der Waals surface area contributed by atoms with Gasteiger partial charge in [-0.25, -0.2) is 0 Å². The van der Waals surface area contributed by atoms with Gasteiger partial charge in [0.25, 0.3) is 0 Å². The van der Waals surface area contributed by atoms with Crippen molar-refractivity contribution in [3.63, 3.8) is 0 Å². The Bertz CT molecular complexity index is 321. The molecule has 0 spiro atoms. The Morgan fingerprint density at radius 3 is 2.76 bits per heavy atom. The van der Waals surface area contributed by atoms with Crippen LogP contribution in [0.1, 0.15) is 45.1 Å². The van der Waals surface area contributed by atoms with Crippen LogP contribution in [0.2, 0.25) is 5.02 Å². The van der Waals surface area contributed by atoms with Crippen LogP contribution >= 0.6 is 11.6 Å². The van der Waals surface area contributed by atoms with Gasteiger partial charge in [-0.15, -0.1) is 0 Å². The van der Waals surface area contributed by atoms with Crippen LogP contribution in [0.4, 0.5) is 0 Å². The molecule has 0 aliphatic rings. The van der Waals surface area contributed by atoms with E-state index in [1.807, 2.05) is 0 Å². The first kappa shape index (κ1) is 14.3. The van der Waals surface area contributed by atoms with Crippen molar-refractivity contribution in [2.75, 3.05) is 0 Å². The highest BCUT2D eigenvalue weighted by atomic mass is 35.5. The largest absolute Gasteiger partial charge is 0.508 e. The number of phenols is 1. The average Bonchev–Trinajstić information content (AvgIpc) is 2.29. The molecule has 17 heavy (non-hydrogen) atoms. The molecular weight excluding hydrogens is 234 g/mol. The normalized spacial score (nSPS) is 12.6. The Kier molecular flexibility index (Phi) is 6.38. The van der Waals surface area contributed by atoms with Crippen molar-refractivity contribution < 1.29 is 5.11 Å². The summed E-state index contributed by atoms with van der Waals surface area (Å²) in [5.74, 6) is 0.269. The number of aromatic hydroxyl groups is 1. The minimum absolute atomic E-state index is 0.269. The first-order valence-corrected chi connectivity index (χ1v) is 6.72. The smallest absolute Gasteiger partial charge is 0.121 e. The lowest BCUT2D eigenvalue weighted by Crippen LogP contribution is -2.25. The van der Waals surface area contributed by atoms with Crippen molar-refractivity contribution in [1.29, 1.82) is 0 Å². The predicted molar refractivity (Wildman–Crippen MR) is 73.6 cm³/mol. The van der Waals surface area contributed by atoms with E-state index in [9.17, 15) is 5.11 Å². The predicted octanol–water partition coefficient (Wildman–Crippen LogP) is 4.10. The highest BCUT2D eigenvalue weighted by Gasteiger charge is 2.07. The third-order valence-corrected chi connectivity index (χ3v) is 3.32. The zero-order chi connectivity index (χ0) is 12.7. The summed E-state index contributed by atoms with van der Waals surface area (Å²) in [6.45, 7) is 5.00. The van der Waals surface area contributed by atoms with Gasteiger partial charge >= 0.3 is 0 Å². The minimum Gasteiger partial charge on any atom is -0.508 e. The fourth-order valence-electron chi connectivity index (χ4n) is 1.80. The molecule has 0 saturated carbocycles. The van der Waals surface area contributed by atoms with Crippen molar-refractivity contribution in [3.8, 4) is 5.75 Å². The molecule has 1 rings (SSSR count). The number of hydrogen-bond donors (Lipinski definition) is 2. The van der Waals surface area contributed by atoms with E-state index < -0.39 is 0 Å². The number of phenolic OH excluding ortho intramolecular Hbond substituents is 1. The van der Waals surface area contributed by atoms with Crippen molar-refractivity contribution in [1.82, 2.24) is 5.32 Å². The van der Waals surface area contributed by atoms with Gasteiger partial charge in [-0.2, -0.15) is 0 Å². The molecule has 2 N–H and O–H groups in total. The van der Waals surface area contributed by atoms with Crippen LogP contribution in [-0.2, 0) is 6.54 Å². The second-order valence-electron chi connectivity index (χ2n) is 4.52. The molecule has 0 aromatic heterocycles. The maximum Gasteiger partial charge on any atom is 0.121 e. The zero-order valence-corrected chi connectivity index (χ0v) is 11.4. The summed E-state index contributed by atoms with van der Waals surface area (Å²) in [5, 5.41) is 13.7. The fourth-order valence-corrected chi connectivity index (χ4v) is 2.04. The van der Waals surface area contributed by atoms with Gasteiger partial charge in [-0.05, 0) is 25.5 Å². The Morgan fingerprint density at radius 2 is 2.12 bits per heavy atom. The average molecular weight is 256 g/mol. The molecule has 0 aliphatic carbocycles. The molecule has 0 amide bonds. The van der Waals surface area contributed by atoms with Gasteiger partial charge in [-0.3, -0.25) is 0 Å². The number of rotatable bonds is 7. The minimum atomic E-state index is 0.269. The lowest BCUT2D eigenvalue weighted by Gasteiger charge is -2.15. The molecule has 1 unspecified atom stereocenters. The third-order valence-electron chi connectivity index (χ3n) is 2.96. The molecule has 0 bridgehead atoms. The van der Waals surface area contributed by atoms with E-state index >= 15 is 0 Å². The summed E-state index contributed by atoms with van der Waals surface area (Å²) < 4.78 is 0. The van der Waals surface area contributed by atoms with Crippen LogP contribution in [0.5, 0.6) is 5.75 Å². The molecule has 0 radical (unpaired) electrons. The molecule has 0 fully saturated rings. The standard InChI is InChI=1S/C14H22ClNO/c1-3-4-5-7-11(2)16-10-12-13(15)8-6-9-14(12)17/h6,8-9,11,16-17H,3-5,7,10H2,1-2H3. The molecule has 0 aliphatic heterocycles. The van der Waals surface area contributed by atoms with Gasteiger partial charge in [-0.1, -0.05) is 43.9 Å². The van der Waals surface area contributed by atoms with Gasteiger partial charge in [0.2, 0.25) is 0 Å². The van der Waals surface area contributed by atoms with Crippen LogP contribution in [0.3, 0.4) is 0 Å². The van der Waals surface area contributed by atoms with E-state index in [1.54, 1.807) is 18.2 Å². The molecule has 1 atom stereocenters. The van der Waals surface area contributed by atoms with Crippen molar-refractivity contribution >= 4 is 11.6 Å². The van der Waals surface area contributed by atoms with Crippen LogP contribution < -0.4 is 5.32 Å². The van der Waals surface area contributed by atoms with Gasteiger partial charge in [0.15, 0.2) is 0 Å². The van der Waals surface area contributed by atoms with Crippen molar-refractivity contribution in [3.05, 3.63) is 28.8 Å². The molecule has 1 aromatic carbocycles. The van der Waals surface area contributed by atoms with Crippen LogP contribution in [-0.4, -0.2) is 11.1 Å². The number of benzene rings is 1. The lowest BCUT2D eigenvalue weighted by molar-refractivity contribution is 0.450. The Hall–Kier alpha value is -0.730. The van der Waals surface area contributed by atoms with Crippen molar-refractivity contribution in [2.45, 2.75) is 52.1 Å². The zero-order valence-electron chi connectivity index (χ0n) is 10.7. The van der Waals surface area contributed by atoms with Gasteiger partial charge < -0.3 is 10.4 Å². The first-order chi connectivity index (χ1) is 8.15. The summed E-state index contributed by atoms with van der Waals surface area (Å²) in [4.78, 5) is 0. The van der Waals surface area contributed by atoms with E-state index in [0.717, 1.165) is 5.56 Å². The summed E-state index contributed by atoms with van der Waals surface area (Å²) in [5.41, 5.74) is 0.788. The third kappa shape index (κ3) is 4.97. The quantitative estimate of drug-likeness (QED) is 0.719. The van der Waals surface area contributed by atoms with Gasteiger partial charge in [0.1, 0.15) is 5.75 Å². The lowest BCUT2D eigenvalue weighted by atomic mass is 10.1. The number of halogens is 1. The van der Waals surface area contributed by atoms with E-state index in [2.05, 4.69) is 19.2 Å². The van der Waals surface area contributed by atoms with Crippen LogP contribution in [0.25, 0.3) is 0 Å². The molecule has 0 heterocycles. The van der Waals surface area contributed by atoms with Crippen LogP contribution in [0.15, 0.2) is 18.2 Å². The van der Waals surface area contributed by atoms with Gasteiger partial charge in [0.05, 0.1) is 0 Å². The monoisotopic (exact) mass is 255 g/mol. The highest BCUT2D eigenvalue weighted by Crippen LogP contribution is 2.25. The molecule has 3 heteroatoms. The summed E-state index contributed by atoms with van der Waals surface area (Å²) in [6, 6.07) is 5.69. The Labute approximate surface area is 109 Å². The highest BCUT2D eigenvalue weighted by molar-refractivity contribution is 6.31. The van der Waals surface area contributed by atoms with Gasteiger partial charge in [0, 0.05) is 23.2 Å².